The summed E-state index contributed by atoms with van der Waals surface area (Å²) in [7, 11) is 3.97. The second kappa shape index (κ2) is 8.00. The number of carbonyl (C=O) groups is 1. The fraction of sp³-hybridized carbons (Fsp3) is 0.105. The third-order valence-corrected chi connectivity index (χ3v) is 3.92. The molecule has 0 aliphatic rings. The Kier molecular flexibility index (Phi) is 6.03. The fourth-order valence-electron chi connectivity index (χ4n) is 1.95. The highest BCUT2D eigenvalue weighted by molar-refractivity contribution is 6.37. The van der Waals surface area contributed by atoms with E-state index in [2.05, 4.69) is 0 Å². The Balaban J connectivity index is 2.05. The van der Waals surface area contributed by atoms with Gasteiger partial charge in [0.1, 0.15) is 0 Å². The normalized spacial score (nSPS) is 11.3. The first-order valence-electron chi connectivity index (χ1n) is 7.09. The molecule has 0 aliphatic heterocycles. The summed E-state index contributed by atoms with van der Waals surface area (Å²) in [5.41, 5.74) is 2.72. The molecule has 2 aromatic rings. The molecule has 0 radical (unpaired) electrons. The zero-order valence-corrected chi connectivity index (χ0v) is 14.5. The Hall–Kier alpha value is -2.03. The smallest absolute Gasteiger partial charge is 0.178 e. The van der Waals surface area contributed by atoms with Crippen LogP contribution in [0.25, 0.3) is 12.2 Å². The van der Waals surface area contributed by atoms with E-state index in [9.17, 15) is 4.79 Å². The van der Waals surface area contributed by atoms with Crippen LogP contribution >= 0.6 is 23.2 Å². The van der Waals surface area contributed by atoms with E-state index in [0.29, 0.717) is 15.6 Å². The number of hydrogen-bond acceptors (Lipinski definition) is 2. The molecule has 23 heavy (non-hydrogen) atoms. The lowest BCUT2D eigenvalue weighted by atomic mass is 10.1. The molecule has 2 rings (SSSR count). The zero-order chi connectivity index (χ0) is 16.8. The maximum Gasteiger partial charge on any atom is 0.178 e. The van der Waals surface area contributed by atoms with Crippen molar-refractivity contribution < 1.29 is 4.79 Å². The largest absolute Gasteiger partial charge is 0.378 e. The number of allylic oxidation sites excluding steroid dienone is 2. The number of ketones is 1. The summed E-state index contributed by atoms with van der Waals surface area (Å²) in [6.07, 6.45) is 6.39. The van der Waals surface area contributed by atoms with Crippen molar-refractivity contribution in [2.75, 3.05) is 19.0 Å². The van der Waals surface area contributed by atoms with E-state index < -0.39 is 0 Å². The van der Waals surface area contributed by atoms with Crippen LogP contribution in [0.15, 0.2) is 54.6 Å². The van der Waals surface area contributed by atoms with E-state index in [4.69, 9.17) is 23.2 Å². The van der Waals surface area contributed by atoms with Crippen LogP contribution in [-0.4, -0.2) is 19.9 Å². The molecule has 0 aromatic heterocycles. The van der Waals surface area contributed by atoms with Crippen molar-refractivity contribution in [2.45, 2.75) is 0 Å². The molecule has 4 heteroatoms. The van der Waals surface area contributed by atoms with Gasteiger partial charge in [0.15, 0.2) is 5.78 Å². The Morgan fingerprint density at radius 3 is 2.04 bits per heavy atom. The summed E-state index contributed by atoms with van der Waals surface area (Å²) in [5, 5.41) is 1.04. The van der Waals surface area contributed by atoms with Crippen molar-refractivity contribution >= 4 is 46.8 Å². The average molecular weight is 346 g/mol. The van der Waals surface area contributed by atoms with Gasteiger partial charge in [-0.05, 0) is 48.1 Å². The second-order valence-electron chi connectivity index (χ2n) is 5.19. The summed E-state index contributed by atoms with van der Waals surface area (Å²) < 4.78 is 0. The molecule has 0 atom stereocenters. The molecular weight excluding hydrogens is 329 g/mol. The first-order chi connectivity index (χ1) is 11.0. The Labute approximate surface area is 146 Å². The van der Waals surface area contributed by atoms with Crippen LogP contribution in [0.3, 0.4) is 0 Å². The number of benzene rings is 2. The predicted molar refractivity (Wildman–Crippen MR) is 100 cm³/mol. The van der Waals surface area contributed by atoms with Gasteiger partial charge in [0.2, 0.25) is 0 Å². The number of hydrogen-bond donors (Lipinski definition) is 0. The summed E-state index contributed by atoms with van der Waals surface area (Å²) >= 11 is 12.1. The van der Waals surface area contributed by atoms with Crippen LogP contribution in [0.5, 0.6) is 0 Å². The van der Waals surface area contributed by atoms with Gasteiger partial charge < -0.3 is 4.90 Å². The maximum atomic E-state index is 11.9. The minimum atomic E-state index is -0.127. The van der Waals surface area contributed by atoms with E-state index in [1.54, 1.807) is 30.4 Å². The van der Waals surface area contributed by atoms with E-state index in [1.165, 1.54) is 12.2 Å². The summed E-state index contributed by atoms with van der Waals surface area (Å²) in [4.78, 5) is 13.9. The molecule has 2 nitrogen and oxygen atoms in total. The second-order valence-corrected chi connectivity index (χ2v) is 6.00. The van der Waals surface area contributed by atoms with Crippen LogP contribution in [-0.2, 0) is 4.79 Å². The highest BCUT2D eigenvalue weighted by Crippen LogP contribution is 2.25. The van der Waals surface area contributed by atoms with E-state index in [0.717, 1.165) is 11.3 Å². The van der Waals surface area contributed by atoms with Gasteiger partial charge in [0.05, 0.1) is 0 Å². The molecule has 0 fully saturated rings. The minimum absolute atomic E-state index is 0.127. The molecular formula is C19H17Cl2NO. The predicted octanol–water partition coefficient (Wildman–Crippen LogP) is 5.36. The molecule has 0 unspecified atom stereocenters. The molecule has 0 saturated heterocycles. The van der Waals surface area contributed by atoms with Crippen molar-refractivity contribution in [3.63, 3.8) is 0 Å². The minimum Gasteiger partial charge on any atom is -0.378 e. The zero-order valence-electron chi connectivity index (χ0n) is 13.0. The number of carbonyl (C=O) groups excluding carboxylic acids is 1. The molecule has 118 valence electrons. The topological polar surface area (TPSA) is 20.3 Å². The first kappa shape index (κ1) is 17.3. The number of halogens is 2. The van der Waals surface area contributed by atoms with E-state index in [-0.39, 0.29) is 5.78 Å². The molecule has 0 aliphatic carbocycles. The highest BCUT2D eigenvalue weighted by Gasteiger charge is 2.01. The van der Waals surface area contributed by atoms with Gasteiger partial charge in [-0.15, -0.1) is 0 Å². The lowest BCUT2D eigenvalue weighted by Crippen LogP contribution is -2.07. The number of rotatable bonds is 5. The fourth-order valence-corrected chi connectivity index (χ4v) is 2.48. The van der Waals surface area contributed by atoms with Crippen LogP contribution < -0.4 is 4.90 Å². The molecule has 0 N–H and O–H groups in total. The highest BCUT2D eigenvalue weighted by atomic mass is 35.5. The van der Waals surface area contributed by atoms with Crippen LogP contribution in [0.1, 0.15) is 11.1 Å². The van der Waals surface area contributed by atoms with Crippen molar-refractivity contribution in [2.24, 2.45) is 0 Å². The van der Waals surface area contributed by atoms with Gasteiger partial charge in [-0.25, -0.2) is 0 Å². The summed E-state index contributed by atoms with van der Waals surface area (Å²) in [5.74, 6) is -0.127. The monoisotopic (exact) mass is 345 g/mol. The molecule has 0 saturated carbocycles. The standard InChI is InChI=1S/C19H17Cl2NO/c1-22(2)15-9-6-14(7-10-15)8-11-16(23)12-13-17-18(20)4-3-5-19(17)21/h3-13H,1-2H3/b11-8+,13-12+. The van der Waals surface area contributed by atoms with E-state index >= 15 is 0 Å². The maximum absolute atomic E-state index is 11.9. The third kappa shape index (κ3) is 4.98. The van der Waals surface area contributed by atoms with Crippen molar-refractivity contribution in [1.82, 2.24) is 0 Å². The van der Waals surface area contributed by atoms with Crippen molar-refractivity contribution in [1.29, 1.82) is 0 Å². The molecule has 0 bridgehead atoms. The van der Waals surface area contributed by atoms with Gasteiger partial charge in [-0.1, -0.05) is 47.5 Å². The number of nitrogens with zero attached hydrogens (tertiary/aromatic N) is 1. The average Bonchev–Trinajstić information content (AvgIpc) is 2.53. The summed E-state index contributed by atoms with van der Waals surface area (Å²) in [6.45, 7) is 0. The third-order valence-electron chi connectivity index (χ3n) is 3.26. The van der Waals surface area contributed by atoms with Crippen molar-refractivity contribution in [3.05, 3.63) is 75.8 Å². The summed E-state index contributed by atoms with van der Waals surface area (Å²) in [6, 6.07) is 13.2. The number of anilines is 1. The molecule has 2 aromatic carbocycles. The Morgan fingerprint density at radius 2 is 1.48 bits per heavy atom. The van der Waals surface area contributed by atoms with Gasteiger partial charge in [0, 0.05) is 35.4 Å². The van der Waals surface area contributed by atoms with Gasteiger partial charge in [-0.3, -0.25) is 4.79 Å². The van der Waals surface area contributed by atoms with E-state index in [1.807, 2.05) is 43.3 Å². The van der Waals surface area contributed by atoms with Gasteiger partial charge in [-0.2, -0.15) is 0 Å². The van der Waals surface area contributed by atoms with Crippen LogP contribution in [0.2, 0.25) is 10.0 Å². The van der Waals surface area contributed by atoms with Crippen LogP contribution in [0, 0.1) is 0 Å². The van der Waals surface area contributed by atoms with Crippen LogP contribution in [0.4, 0.5) is 5.69 Å². The molecule has 0 heterocycles. The lowest BCUT2D eigenvalue weighted by molar-refractivity contribution is -0.110. The SMILES string of the molecule is CN(C)c1ccc(/C=C/C(=O)/C=C/c2c(Cl)cccc2Cl)cc1. The lowest BCUT2D eigenvalue weighted by Gasteiger charge is -2.11. The molecule has 0 amide bonds. The Bertz CT molecular complexity index is 726. The van der Waals surface area contributed by atoms with Gasteiger partial charge >= 0.3 is 0 Å². The van der Waals surface area contributed by atoms with Crippen molar-refractivity contribution in [3.8, 4) is 0 Å². The molecule has 0 spiro atoms. The van der Waals surface area contributed by atoms with Gasteiger partial charge in [0.25, 0.3) is 0 Å². The Morgan fingerprint density at radius 1 is 0.913 bits per heavy atom. The first-order valence-corrected chi connectivity index (χ1v) is 7.84. The quantitative estimate of drug-likeness (QED) is 0.680.